The topological polar surface area (TPSA) is 39.1 Å². The third kappa shape index (κ3) is 2.63. The number of ether oxygens (including phenoxy) is 1. The fraction of sp³-hybridized carbons (Fsp3) is 0.812. The lowest BCUT2D eigenvalue weighted by Crippen LogP contribution is -2.42. The maximum Gasteiger partial charge on any atom is 0.0623 e. The summed E-state index contributed by atoms with van der Waals surface area (Å²) in [5, 5.41) is 8.27. The molecule has 4 unspecified atom stereocenters. The molecular weight excluding hydrogens is 250 g/mol. The van der Waals surface area contributed by atoms with E-state index in [0.29, 0.717) is 24.2 Å². The van der Waals surface area contributed by atoms with Crippen LogP contribution in [0.3, 0.4) is 0 Å². The zero-order valence-corrected chi connectivity index (χ0v) is 12.9. The number of fused-ring (bicyclic) bond motifs is 2. The largest absolute Gasteiger partial charge is 0.375 e. The Hall–Kier alpha value is -0.870. The summed E-state index contributed by atoms with van der Waals surface area (Å²) in [6.07, 6.45) is 5.85. The molecule has 2 saturated heterocycles. The SMILES string of the molecule is CCNC(Cc1cc(C)nn1CC)C1CC2CCC1O2. The Morgan fingerprint density at radius 3 is 2.90 bits per heavy atom. The van der Waals surface area contributed by atoms with Crippen molar-refractivity contribution >= 4 is 0 Å². The van der Waals surface area contributed by atoms with Gasteiger partial charge in [0.25, 0.3) is 0 Å². The van der Waals surface area contributed by atoms with E-state index in [1.807, 2.05) is 0 Å². The molecule has 4 heteroatoms. The Kier molecular flexibility index (Phi) is 4.13. The van der Waals surface area contributed by atoms with Crippen LogP contribution in [0.4, 0.5) is 0 Å². The molecule has 0 saturated carbocycles. The molecule has 1 N–H and O–H groups in total. The van der Waals surface area contributed by atoms with Gasteiger partial charge in [0.05, 0.1) is 17.9 Å². The van der Waals surface area contributed by atoms with Crippen LogP contribution in [-0.2, 0) is 17.7 Å². The number of hydrogen-bond donors (Lipinski definition) is 1. The van der Waals surface area contributed by atoms with E-state index in [9.17, 15) is 0 Å². The average Bonchev–Trinajstić information content (AvgIpc) is 3.13. The standard InChI is InChI=1S/C16H27N3O/c1-4-17-15(14-10-13-6-7-16(14)20-13)9-12-8-11(3)18-19(12)5-2/h8,13-17H,4-7,9-10H2,1-3H3. The second-order valence-electron chi connectivity index (χ2n) is 6.23. The van der Waals surface area contributed by atoms with Crippen LogP contribution < -0.4 is 5.32 Å². The van der Waals surface area contributed by atoms with Crippen LogP contribution in [0.15, 0.2) is 6.07 Å². The molecule has 0 aliphatic carbocycles. The monoisotopic (exact) mass is 277 g/mol. The summed E-state index contributed by atoms with van der Waals surface area (Å²) < 4.78 is 8.20. The van der Waals surface area contributed by atoms with Gasteiger partial charge in [-0.2, -0.15) is 5.10 Å². The first kappa shape index (κ1) is 14.1. The molecule has 2 aliphatic rings. The summed E-state index contributed by atoms with van der Waals surface area (Å²) in [5.41, 5.74) is 2.49. The lowest BCUT2D eigenvalue weighted by Gasteiger charge is -2.29. The Morgan fingerprint density at radius 1 is 1.45 bits per heavy atom. The van der Waals surface area contributed by atoms with Gasteiger partial charge in [-0.15, -0.1) is 0 Å². The van der Waals surface area contributed by atoms with Crippen LogP contribution in [0.2, 0.25) is 0 Å². The van der Waals surface area contributed by atoms with E-state index in [0.717, 1.165) is 25.2 Å². The second-order valence-corrected chi connectivity index (χ2v) is 6.23. The number of aryl methyl sites for hydroxylation is 2. The maximum atomic E-state index is 6.05. The quantitative estimate of drug-likeness (QED) is 0.867. The molecule has 2 bridgehead atoms. The summed E-state index contributed by atoms with van der Waals surface area (Å²) in [5.74, 6) is 0.675. The lowest BCUT2D eigenvalue weighted by atomic mass is 9.82. The van der Waals surface area contributed by atoms with Crippen LogP contribution in [-0.4, -0.2) is 34.6 Å². The first-order valence-electron chi connectivity index (χ1n) is 8.13. The average molecular weight is 277 g/mol. The normalized spacial score (nSPS) is 30.1. The zero-order valence-electron chi connectivity index (χ0n) is 12.9. The minimum Gasteiger partial charge on any atom is -0.375 e. The van der Waals surface area contributed by atoms with Crippen molar-refractivity contribution < 1.29 is 4.74 Å². The lowest BCUT2D eigenvalue weighted by molar-refractivity contribution is 0.0857. The molecule has 0 spiro atoms. The number of likely N-dealkylation sites (N-methyl/N-ethyl adjacent to an activating group) is 1. The van der Waals surface area contributed by atoms with Crippen LogP contribution in [0, 0.1) is 12.8 Å². The number of nitrogens with zero attached hydrogens (tertiary/aromatic N) is 2. The van der Waals surface area contributed by atoms with E-state index in [4.69, 9.17) is 4.74 Å². The molecule has 112 valence electrons. The molecule has 3 heterocycles. The number of rotatable bonds is 6. The third-order valence-corrected chi connectivity index (χ3v) is 4.85. The van der Waals surface area contributed by atoms with Crippen molar-refractivity contribution in [3.8, 4) is 0 Å². The maximum absolute atomic E-state index is 6.05. The summed E-state index contributed by atoms with van der Waals surface area (Å²) in [7, 11) is 0. The zero-order chi connectivity index (χ0) is 14.1. The Balaban J connectivity index is 1.73. The van der Waals surface area contributed by atoms with Gasteiger partial charge in [-0.25, -0.2) is 0 Å². The van der Waals surface area contributed by atoms with Crippen LogP contribution in [0.25, 0.3) is 0 Å². The Labute approximate surface area is 121 Å². The van der Waals surface area contributed by atoms with E-state index in [1.54, 1.807) is 0 Å². The first-order chi connectivity index (χ1) is 9.71. The third-order valence-electron chi connectivity index (χ3n) is 4.85. The van der Waals surface area contributed by atoms with Crippen molar-refractivity contribution in [3.05, 3.63) is 17.5 Å². The van der Waals surface area contributed by atoms with Gasteiger partial charge in [-0.3, -0.25) is 4.68 Å². The molecular formula is C16H27N3O. The van der Waals surface area contributed by atoms with Crippen LogP contribution in [0.5, 0.6) is 0 Å². The second kappa shape index (κ2) is 5.86. The van der Waals surface area contributed by atoms with Crippen molar-refractivity contribution in [2.24, 2.45) is 5.92 Å². The fourth-order valence-electron chi connectivity index (χ4n) is 4.00. The predicted octanol–water partition coefficient (Wildman–Crippen LogP) is 2.30. The van der Waals surface area contributed by atoms with Gasteiger partial charge < -0.3 is 10.1 Å². The number of hydrogen-bond acceptors (Lipinski definition) is 3. The smallest absolute Gasteiger partial charge is 0.0623 e. The number of aromatic nitrogens is 2. The number of nitrogens with one attached hydrogen (secondary N) is 1. The molecule has 20 heavy (non-hydrogen) atoms. The van der Waals surface area contributed by atoms with Crippen molar-refractivity contribution in [3.63, 3.8) is 0 Å². The Bertz CT molecular complexity index is 457. The summed E-state index contributed by atoms with van der Waals surface area (Å²) in [6.45, 7) is 8.42. The van der Waals surface area contributed by atoms with Crippen LogP contribution in [0.1, 0.15) is 44.5 Å². The van der Waals surface area contributed by atoms with Gasteiger partial charge in [0.2, 0.25) is 0 Å². The van der Waals surface area contributed by atoms with E-state index in [-0.39, 0.29) is 0 Å². The molecule has 2 fully saturated rings. The van der Waals surface area contributed by atoms with E-state index in [1.165, 1.54) is 25.0 Å². The highest BCUT2D eigenvalue weighted by molar-refractivity contribution is 5.12. The predicted molar refractivity (Wildman–Crippen MR) is 79.8 cm³/mol. The van der Waals surface area contributed by atoms with E-state index < -0.39 is 0 Å². The molecule has 3 rings (SSSR count). The molecule has 1 aromatic heterocycles. The van der Waals surface area contributed by atoms with Gasteiger partial charge in [0.15, 0.2) is 0 Å². The molecule has 0 aromatic carbocycles. The molecule has 4 atom stereocenters. The first-order valence-corrected chi connectivity index (χ1v) is 8.13. The minimum atomic E-state index is 0.489. The van der Waals surface area contributed by atoms with Gasteiger partial charge in [0, 0.05) is 30.6 Å². The van der Waals surface area contributed by atoms with Gasteiger partial charge in [0.1, 0.15) is 0 Å². The minimum absolute atomic E-state index is 0.489. The van der Waals surface area contributed by atoms with E-state index >= 15 is 0 Å². The Morgan fingerprint density at radius 2 is 2.30 bits per heavy atom. The fourth-order valence-corrected chi connectivity index (χ4v) is 4.00. The summed E-state index contributed by atoms with van der Waals surface area (Å²) in [4.78, 5) is 0. The molecule has 4 nitrogen and oxygen atoms in total. The highest BCUT2D eigenvalue weighted by Crippen LogP contribution is 2.41. The van der Waals surface area contributed by atoms with Crippen molar-refractivity contribution in [1.29, 1.82) is 0 Å². The van der Waals surface area contributed by atoms with Crippen LogP contribution >= 0.6 is 0 Å². The van der Waals surface area contributed by atoms with Crippen molar-refractivity contribution in [2.75, 3.05) is 6.54 Å². The molecule has 1 aromatic rings. The summed E-state index contributed by atoms with van der Waals surface area (Å²) >= 11 is 0. The van der Waals surface area contributed by atoms with Crippen molar-refractivity contribution in [2.45, 2.75) is 71.2 Å². The molecule has 0 radical (unpaired) electrons. The van der Waals surface area contributed by atoms with Gasteiger partial charge >= 0.3 is 0 Å². The van der Waals surface area contributed by atoms with Crippen molar-refractivity contribution in [1.82, 2.24) is 15.1 Å². The summed E-state index contributed by atoms with van der Waals surface area (Å²) in [6, 6.07) is 2.76. The van der Waals surface area contributed by atoms with Gasteiger partial charge in [-0.1, -0.05) is 6.92 Å². The highest BCUT2D eigenvalue weighted by atomic mass is 16.5. The molecule has 0 amide bonds. The van der Waals surface area contributed by atoms with E-state index in [2.05, 4.69) is 41.9 Å². The van der Waals surface area contributed by atoms with Gasteiger partial charge in [-0.05, 0) is 45.7 Å². The molecule has 2 aliphatic heterocycles. The highest BCUT2D eigenvalue weighted by Gasteiger charge is 2.44.